The summed E-state index contributed by atoms with van der Waals surface area (Å²) in [5, 5.41) is 11.0. The Morgan fingerprint density at radius 2 is 1.84 bits per heavy atom. The number of benzene rings is 2. The molecule has 0 fully saturated rings. The lowest BCUT2D eigenvalue weighted by atomic mass is 9.77. The van der Waals surface area contributed by atoms with E-state index in [2.05, 4.69) is 9.72 Å². The van der Waals surface area contributed by atoms with Crippen molar-refractivity contribution in [2.75, 3.05) is 7.11 Å². The molecule has 1 N–H and O–H groups in total. The smallest absolute Gasteiger partial charge is 0.422 e. The number of ether oxygens (including phenoxy) is 2. The van der Waals surface area contributed by atoms with E-state index in [-0.39, 0.29) is 43.9 Å². The molecule has 2 aromatic carbocycles. The number of hydrogen-bond donors (Lipinski definition) is 1. The van der Waals surface area contributed by atoms with Crippen LogP contribution in [0.5, 0.6) is 11.6 Å². The Balaban J connectivity index is 1.70. The third-order valence-corrected chi connectivity index (χ3v) is 6.77. The van der Waals surface area contributed by atoms with Gasteiger partial charge in [0.1, 0.15) is 10.8 Å². The lowest BCUT2D eigenvalue weighted by molar-refractivity contribution is -0.274. The second kappa shape index (κ2) is 9.97. The number of aryl methyl sites for hydroxylation is 1. The van der Waals surface area contributed by atoms with E-state index in [1.807, 2.05) is 0 Å². The summed E-state index contributed by atoms with van der Waals surface area (Å²) in [5.74, 6) is -2.99. The summed E-state index contributed by atoms with van der Waals surface area (Å²) in [6.45, 7) is 1.18. The minimum Gasteiger partial charge on any atom is -0.465 e. The predicted molar refractivity (Wildman–Crippen MR) is 132 cm³/mol. The van der Waals surface area contributed by atoms with Crippen molar-refractivity contribution in [3.05, 3.63) is 85.9 Å². The van der Waals surface area contributed by atoms with Gasteiger partial charge in [0.15, 0.2) is 11.2 Å². The molecule has 2 atom stereocenters. The summed E-state index contributed by atoms with van der Waals surface area (Å²) in [5.41, 5.74) is -3.66. The van der Waals surface area contributed by atoms with Gasteiger partial charge in [0, 0.05) is 24.2 Å². The molecule has 0 radical (unpaired) electrons. The number of aromatic nitrogens is 2. The number of pyridine rings is 1. The number of aliphatic hydroxyl groups is 1. The van der Waals surface area contributed by atoms with Crippen molar-refractivity contribution in [2.45, 2.75) is 24.6 Å². The average Bonchev–Trinajstić information content (AvgIpc) is 3.15. The Bertz CT molecular complexity index is 1600. The number of oxazole rings is 1. The van der Waals surface area contributed by atoms with Crippen LogP contribution in [0.1, 0.15) is 34.3 Å². The first kappa shape index (κ1) is 27.5. The largest absolute Gasteiger partial charge is 0.465 e. The van der Waals surface area contributed by atoms with Crippen molar-refractivity contribution >= 4 is 40.3 Å². The number of hydrogen-bond acceptors (Lipinski definition) is 7. The Kier molecular flexibility index (Phi) is 7.21. The molecule has 0 saturated carbocycles. The highest BCUT2D eigenvalue weighted by Crippen LogP contribution is 2.50. The minimum absolute atomic E-state index is 0.0167. The van der Waals surface area contributed by atoms with Gasteiger partial charge in [0.05, 0.1) is 18.2 Å². The predicted octanol–water partition coefficient (Wildman–Crippen LogP) is 5.97. The fraction of sp³-hybridized carbons (Fsp3) is 0.240. The zero-order valence-electron chi connectivity index (χ0n) is 20.0. The van der Waals surface area contributed by atoms with Crippen LogP contribution in [0.3, 0.4) is 0 Å². The van der Waals surface area contributed by atoms with Gasteiger partial charge < -0.3 is 19.0 Å². The van der Waals surface area contributed by atoms with Gasteiger partial charge in [-0.15, -0.1) is 0 Å². The van der Waals surface area contributed by atoms with Gasteiger partial charge in [-0.2, -0.15) is 13.2 Å². The number of halogens is 5. The van der Waals surface area contributed by atoms with E-state index in [1.165, 1.54) is 57.6 Å². The molecule has 0 bridgehead atoms. The fourth-order valence-corrected chi connectivity index (χ4v) is 4.55. The second-order valence-electron chi connectivity index (χ2n) is 8.38. The number of carbonyl (C=O) groups is 1. The highest BCUT2D eigenvalue weighted by atomic mass is 35.5. The van der Waals surface area contributed by atoms with Crippen molar-refractivity contribution in [1.82, 2.24) is 9.55 Å². The SMILES string of the molecule is COC(=O)c1cnc(Oc2ccc([C@@H](C)[C@@](O)(c3ccc4oc(=O)n(C)c4c3)C(F)(F)F)c(Cl)c2)c(Cl)c1. The van der Waals surface area contributed by atoms with Crippen LogP contribution in [0.4, 0.5) is 13.2 Å². The van der Waals surface area contributed by atoms with Crippen LogP contribution in [0.15, 0.2) is 57.9 Å². The number of rotatable bonds is 6. The van der Waals surface area contributed by atoms with Crippen molar-refractivity contribution in [1.29, 1.82) is 0 Å². The number of esters is 1. The normalized spacial score (nSPS) is 14.2. The Morgan fingerprint density at radius 1 is 1.13 bits per heavy atom. The van der Waals surface area contributed by atoms with Gasteiger partial charge >= 0.3 is 17.9 Å². The maximum Gasteiger partial charge on any atom is 0.422 e. The van der Waals surface area contributed by atoms with E-state index < -0.39 is 35.0 Å². The molecule has 0 amide bonds. The van der Waals surface area contributed by atoms with Gasteiger partial charge in [-0.1, -0.05) is 42.3 Å². The first-order chi connectivity index (χ1) is 17.8. The van der Waals surface area contributed by atoms with Crippen molar-refractivity contribution in [2.24, 2.45) is 7.05 Å². The summed E-state index contributed by atoms with van der Waals surface area (Å²) >= 11 is 12.5. The lowest BCUT2D eigenvalue weighted by Crippen LogP contribution is -2.46. The fourth-order valence-electron chi connectivity index (χ4n) is 4.01. The molecule has 2 aromatic heterocycles. The van der Waals surface area contributed by atoms with Crippen LogP contribution >= 0.6 is 23.2 Å². The van der Waals surface area contributed by atoms with Gasteiger partial charge in [-0.05, 0) is 41.5 Å². The van der Waals surface area contributed by atoms with Gasteiger partial charge in [0.2, 0.25) is 5.88 Å². The first-order valence-corrected chi connectivity index (χ1v) is 11.6. The van der Waals surface area contributed by atoms with Crippen molar-refractivity contribution in [3.8, 4) is 11.6 Å². The van der Waals surface area contributed by atoms with E-state index in [0.29, 0.717) is 0 Å². The van der Waals surface area contributed by atoms with E-state index in [4.69, 9.17) is 32.4 Å². The molecule has 0 aliphatic rings. The number of nitrogens with zero attached hydrogens (tertiary/aromatic N) is 2. The summed E-state index contributed by atoms with van der Waals surface area (Å²) in [4.78, 5) is 27.4. The average molecular weight is 571 g/mol. The lowest BCUT2D eigenvalue weighted by Gasteiger charge is -2.37. The van der Waals surface area contributed by atoms with E-state index >= 15 is 0 Å². The highest BCUT2D eigenvalue weighted by molar-refractivity contribution is 6.32. The van der Waals surface area contributed by atoms with E-state index in [1.54, 1.807) is 0 Å². The molecule has 2 heterocycles. The number of fused-ring (bicyclic) bond motifs is 1. The van der Waals surface area contributed by atoms with Crippen LogP contribution in [0, 0.1) is 0 Å². The quantitative estimate of drug-likeness (QED) is 0.285. The summed E-state index contributed by atoms with van der Waals surface area (Å²) in [6.07, 6.45) is -3.94. The van der Waals surface area contributed by atoms with Crippen LogP contribution < -0.4 is 10.5 Å². The molecular weight excluding hydrogens is 552 g/mol. The summed E-state index contributed by atoms with van der Waals surface area (Å²) in [6, 6.07) is 8.44. The van der Waals surface area contributed by atoms with E-state index in [9.17, 15) is 27.9 Å². The number of carbonyl (C=O) groups excluding carboxylic acids is 1. The topological polar surface area (TPSA) is 104 Å². The van der Waals surface area contributed by atoms with Crippen LogP contribution in [0.25, 0.3) is 11.1 Å². The molecule has 13 heteroatoms. The van der Waals surface area contributed by atoms with Crippen LogP contribution in [-0.4, -0.2) is 33.9 Å². The maximum atomic E-state index is 14.4. The molecule has 200 valence electrons. The first-order valence-electron chi connectivity index (χ1n) is 10.9. The Labute approximate surface area is 223 Å². The number of methoxy groups -OCH3 is 1. The molecule has 38 heavy (non-hydrogen) atoms. The van der Waals surface area contributed by atoms with Crippen LogP contribution in [-0.2, 0) is 17.4 Å². The van der Waals surface area contributed by atoms with Gasteiger partial charge in [-0.3, -0.25) is 4.57 Å². The molecule has 0 saturated heterocycles. The molecule has 4 rings (SSSR count). The molecule has 8 nitrogen and oxygen atoms in total. The van der Waals surface area contributed by atoms with Crippen molar-refractivity contribution in [3.63, 3.8) is 0 Å². The third-order valence-electron chi connectivity index (χ3n) is 6.17. The standard InChI is InChI=1S/C25H19Cl2F3N2O6/c1-12(24(35,25(28,29)30)14-4-7-20-19(9-14)32(2)23(34)38-20)16-6-5-15(10-17(16)26)37-21-18(27)8-13(11-31-21)22(33)36-3/h4-12,35H,1-3H3/t12-,24-/m1/s1. The molecule has 0 spiro atoms. The summed E-state index contributed by atoms with van der Waals surface area (Å²) < 4.78 is 59.5. The van der Waals surface area contributed by atoms with Crippen molar-refractivity contribution < 1.29 is 37.0 Å². The maximum absolute atomic E-state index is 14.4. The zero-order chi connectivity index (χ0) is 28.0. The van der Waals surface area contributed by atoms with E-state index in [0.717, 1.165) is 16.7 Å². The van der Waals surface area contributed by atoms with Crippen LogP contribution in [0.2, 0.25) is 10.0 Å². The number of alkyl halides is 3. The molecule has 4 aromatic rings. The Hall–Kier alpha value is -3.54. The minimum atomic E-state index is -5.12. The Morgan fingerprint density at radius 3 is 2.45 bits per heavy atom. The monoisotopic (exact) mass is 570 g/mol. The zero-order valence-corrected chi connectivity index (χ0v) is 21.5. The molecular formula is C25H19Cl2F3N2O6. The van der Waals surface area contributed by atoms with Gasteiger partial charge in [-0.25, -0.2) is 14.6 Å². The molecule has 0 aliphatic carbocycles. The molecule has 0 unspecified atom stereocenters. The molecule has 0 aliphatic heterocycles. The third kappa shape index (κ3) is 4.72. The highest BCUT2D eigenvalue weighted by Gasteiger charge is 2.59. The second-order valence-corrected chi connectivity index (χ2v) is 9.20. The van der Waals surface area contributed by atoms with Gasteiger partial charge in [0.25, 0.3) is 0 Å². The summed E-state index contributed by atoms with van der Waals surface area (Å²) in [7, 11) is 2.54.